The molecule has 0 rings (SSSR count). The minimum Gasteiger partial charge on any atom is -0.412 e. The first-order chi connectivity index (χ1) is 1.00. The van der Waals surface area contributed by atoms with Crippen molar-refractivity contribution in [2.24, 2.45) is 0 Å². The summed E-state index contributed by atoms with van der Waals surface area (Å²) in [4.78, 5) is 0. The van der Waals surface area contributed by atoms with Crippen LogP contribution in [0.1, 0.15) is 0 Å². The van der Waals surface area contributed by atoms with E-state index in [4.69, 9.17) is 4.46 Å². The molecule has 0 spiro atoms. The van der Waals surface area contributed by atoms with Gasteiger partial charge in [0.2, 0.25) is 10.1 Å². The Morgan fingerprint density at radius 3 is 1.00 bits per heavy atom. The van der Waals surface area contributed by atoms with Crippen LogP contribution in [-0.4, -0.2) is 38.4 Å². The van der Waals surface area contributed by atoms with E-state index in [0.29, 0.717) is 10.1 Å². The number of hydrogen-bond acceptors (Lipinski definition) is 1. The maximum absolute atomic E-state index is 8.28. The van der Waals surface area contributed by atoms with Crippen molar-refractivity contribution in [2.75, 3.05) is 0 Å². The van der Waals surface area contributed by atoms with Gasteiger partial charge < -0.3 is 15.4 Å². The molecule has 0 aliphatic carbocycles. The van der Waals surface area contributed by atoms with Gasteiger partial charge in [0.15, 0.2) is 0 Å². The summed E-state index contributed by atoms with van der Waals surface area (Å²) in [6.07, 6.45) is 0. The molecule has 6 heavy (non-hydrogen) atoms. The SMILES string of the molecule is O.O.O=[SiH2].[Al].[Ti]. The van der Waals surface area contributed by atoms with E-state index in [9.17, 15) is 0 Å². The zero-order valence-corrected chi connectivity index (χ0v) is 7.32. The Balaban J connectivity index is -0.000000000833. The van der Waals surface area contributed by atoms with Crippen LogP contribution < -0.4 is 0 Å². The topological polar surface area (TPSA) is 80.1 Å². The van der Waals surface area contributed by atoms with Gasteiger partial charge in [-0.15, -0.1) is 0 Å². The monoisotopic (exact) mass is 157 g/mol. The minimum absolute atomic E-state index is 0. The average Bonchev–Trinajstić information content (AvgIpc) is 1.00. The van der Waals surface area contributed by atoms with Crippen molar-refractivity contribution >= 4 is 27.5 Å². The molecule has 0 amide bonds. The molecule has 6 heteroatoms. The molecule has 0 unspecified atom stereocenters. The van der Waals surface area contributed by atoms with Crippen LogP contribution in [0.15, 0.2) is 0 Å². The molecular formula is H6AlO3SiTi. The molecule has 0 fully saturated rings. The predicted octanol–water partition coefficient (Wildman–Crippen LogP) is -3.07. The molecule has 0 heterocycles. The van der Waals surface area contributed by atoms with Gasteiger partial charge >= 0.3 is 0 Å². The molecule has 0 aliphatic rings. The van der Waals surface area contributed by atoms with Crippen molar-refractivity contribution in [3.05, 3.63) is 0 Å². The van der Waals surface area contributed by atoms with E-state index < -0.39 is 0 Å². The summed E-state index contributed by atoms with van der Waals surface area (Å²) in [5.41, 5.74) is 0. The van der Waals surface area contributed by atoms with E-state index in [-0.39, 0.29) is 50.0 Å². The van der Waals surface area contributed by atoms with Crippen molar-refractivity contribution in [1.82, 2.24) is 0 Å². The summed E-state index contributed by atoms with van der Waals surface area (Å²) >= 11 is 0. The van der Waals surface area contributed by atoms with Crippen LogP contribution >= 0.6 is 0 Å². The summed E-state index contributed by atoms with van der Waals surface area (Å²) in [7, 11) is 0.611. The van der Waals surface area contributed by atoms with Crippen LogP contribution in [-0.2, 0) is 26.2 Å². The third-order valence-electron chi connectivity index (χ3n) is 0. The second kappa shape index (κ2) is 119. The molecule has 0 saturated heterocycles. The van der Waals surface area contributed by atoms with E-state index in [1.54, 1.807) is 0 Å². The molecule has 0 aliphatic heterocycles. The third kappa shape index (κ3) is 64.8. The number of hydrogen-bond donors (Lipinski definition) is 0. The Morgan fingerprint density at radius 1 is 1.00 bits per heavy atom. The maximum atomic E-state index is 8.28. The van der Waals surface area contributed by atoms with Crippen molar-refractivity contribution < 1.29 is 37.1 Å². The molecule has 0 aromatic heterocycles. The van der Waals surface area contributed by atoms with E-state index >= 15 is 0 Å². The van der Waals surface area contributed by atoms with Crippen LogP contribution in [0.25, 0.3) is 0 Å². The smallest absolute Gasteiger partial charge is 0.245 e. The first-order valence-electron chi connectivity index (χ1n) is 0.289. The molecule has 0 atom stereocenters. The minimum atomic E-state index is 0. The summed E-state index contributed by atoms with van der Waals surface area (Å²) < 4.78 is 8.28. The van der Waals surface area contributed by atoms with Gasteiger partial charge in [-0.05, 0) is 0 Å². The Kier molecular flexibility index (Phi) is 1140. The average molecular weight is 157 g/mol. The van der Waals surface area contributed by atoms with E-state index in [1.807, 2.05) is 0 Å². The first-order valence-corrected chi connectivity index (χ1v) is 0.866. The first kappa shape index (κ1) is 57.6. The van der Waals surface area contributed by atoms with Gasteiger partial charge in [-0.1, -0.05) is 0 Å². The van der Waals surface area contributed by atoms with Gasteiger partial charge in [0.25, 0.3) is 0 Å². The van der Waals surface area contributed by atoms with Crippen molar-refractivity contribution in [3.8, 4) is 0 Å². The molecule has 3 nitrogen and oxygen atoms in total. The van der Waals surface area contributed by atoms with Gasteiger partial charge in [-0.2, -0.15) is 0 Å². The zero-order valence-electron chi connectivity index (χ0n) is 3.19. The maximum Gasteiger partial charge on any atom is 0.245 e. The van der Waals surface area contributed by atoms with Gasteiger partial charge in [-0.3, -0.25) is 0 Å². The summed E-state index contributed by atoms with van der Waals surface area (Å²) in [6.45, 7) is 0. The molecule has 4 N–H and O–H groups in total. The van der Waals surface area contributed by atoms with Crippen molar-refractivity contribution in [1.29, 1.82) is 0 Å². The Hall–Kier alpha value is 1.18. The van der Waals surface area contributed by atoms with E-state index in [0.717, 1.165) is 0 Å². The van der Waals surface area contributed by atoms with Gasteiger partial charge in [0, 0.05) is 39.1 Å². The molecule has 0 bridgehead atoms. The Bertz CT molecular complexity index is 10.8. The van der Waals surface area contributed by atoms with Crippen molar-refractivity contribution in [2.45, 2.75) is 0 Å². The normalized spacial score (nSPS) is 0.667. The summed E-state index contributed by atoms with van der Waals surface area (Å²) in [5.74, 6) is 0. The zero-order chi connectivity index (χ0) is 2.00. The molecule has 35 valence electrons. The molecule has 3 radical (unpaired) electrons. The van der Waals surface area contributed by atoms with E-state index in [2.05, 4.69) is 0 Å². The standard InChI is InChI=1S/Al.H2OSi.2H2O.Ti/c;1-2;;;/h;2H2;2*1H2;. The molecule has 0 aromatic rings. The van der Waals surface area contributed by atoms with Gasteiger partial charge in [-0.25, -0.2) is 0 Å². The van der Waals surface area contributed by atoms with Crippen LogP contribution in [0.4, 0.5) is 0 Å². The fraction of sp³-hybridized carbons (Fsp3) is 0. The van der Waals surface area contributed by atoms with Crippen molar-refractivity contribution in [3.63, 3.8) is 0 Å². The second-order valence-electron chi connectivity index (χ2n) is 0. The van der Waals surface area contributed by atoms with Crippen LogP contribution in [0, 0.1) is 0 Å². The second-order valence-corrected chi connectivity index (χ2v) is 0. The fourth-order valence-corrected chi connectivity index (χ4v) is 0. The third-order valence-corrected chi connectivity index (χ3v) is 0. The summed E-state index contributed by atoms with van der Waals surface area (Å²) in [6, 6.07) is 0. The molecular weight excluding hydrogens is 151 g/mol. The largest absolute Gasteiger partial charge is 0.412 e. The van der Waals surface area contributed by atoms with Crippen LogP contribution in [0.2, 0.25) is 0 Å². The quantitative estimate of drug-likeness (QED) is 0.343. The molecule has 0 saturated carbocycles. The molecule has 0 aromatic carbocycles. The van der Waals surface area contributed by atoms with Gasteiger partial charge in [0.1, 0.15) is 0 Å². The fourth-order valence-electron chi connectivity index (χ4n) is 0. The Morgan fingerprint density at radius 2 is 1.00 bits per heavy atom. The van der Waals surface area contributed by atoms with Crippen LogP contribution in [0.3, 0.4) is 0 Å². The van der Waals surface area contributed by atoms with Gasteiger partial charge in [0.05, 0.1) is 0 Å². The predicted molar refractivity (Wildman–Crippen MR) is 22.2 cm³/mol. The van der Waals surface area contributed by atoms with E-state index in [1.165, 1.54) is 0 Å². The Labute approximate surface area is 64.6 Å². The number of rotatable bonds is 0. The summed E-state index contributed by atoms with van der Waals surface area (Å²) in [5, 5.41) is 0. The van der Waals surface area contributed by atoms with Crippen LogP contribution in [0.5, 0.6) is 0 Å².